The minimum atomic E-state index is -0.614. The number of carbonyl (C=O) groups is 2. The SMILES string of the molecule is COc1ccc(OCC(=O)OCC(=O)NCCSc2ccc(Cl)cc2)cc1. The number of esters is 1. The summed E-state index contributed by atoms with van der Waals surface area (Å²) in [4.78, 5) is 24.4. The molecule has 0 aliphatic heterocycles. The van der Waals surface area contributed by atoms with Crippen LogP contribution in [-0.2, 0) is 14.3 Å². The zero-order valence-electron chi connectivity index (χ0n) is 14.8. The molecule has 0 aliphatic carbocycles. The third-order valence-electron chi connectivity index (χ3n) is 3.29. The Balaban J connectivity index is 1.56. The number of thioether (sulfide) groups is 1. The third-order valence-corrected chi connectivity index (χ3v) is 4.55. The largest absolute Gasteiger partial charge is 0.497 e. The van der Waals surface area contributed by atoms with Gasteiger partial charge in [-0.3, -0.25) is 4.79 Å². The monoisotopic (exact) mass is 409 g/mol. The molecule has 1 N–H and O–H groups in total. The van der Waals surface area contributed by atoms with Crippen molar-refractivity contribution in [1.29, 1.82) is 0 Å². The zero-order valence-corrected chi connectivity index (χ0v) is 16.3. The molecule has 0 radical (unpaired) electrons. The molecule has 27 heavy (non-hydrogen) atoms. The van der Waals surface area contributed by atoms with Gasteiger partial charge in [0.2, 0.25) is 0 Å². The maximum atomic E-state index is 11.7. The first-order valence-corrected chi connectivity index (χ1v) is 9.50. The molecule has 0 saturated heterocycles. The highest BCUT2D eigenvalue weighted by Gasteiger charge is 2.08. The van der Waals surface area contributed by atoms with E-state index >= 15 is 0 Å². The van der Waals surface area contributed by atoms with Gasteiger partial charge in [0.05, 0.1) is 7.11 Å². The Morgan fingerprint density at radius 1 is 1.00 bits per heavy atom. The van der Waals surface area contributed by atoms with E-state index in [0.717, 1.165) is 4.90 Å². The van der Waals surface area contributed by atoms with Crippen molar-refractivity contribution in [2.24, 2.45) is 0 Å². The molecule has 0 fully saturated rings. The van der Waals surface area contributed by atoms with Crippen LogP contribution in [0.15, 0.2) is 53.4 Å². The second-order valence-corrected chi connectivity index (χ2v) is 6.88. The van der Waals surface area contributed by atoms with Gasteiger partial charge in [-0.25, -0.2) is 4.79 Å². The van der Waals surface area contributed by atoms with Crippen LogP contribution in [0.2, 0.25) is 5.02 Å². The zero-order chi connectivity index (χ0) is 19.5. The van der Waals surface area contributed by atoms with Crippen LogP contribution in [0.5, 0.6) is 11.5 Å². The number of benzene rings is 2. The summed E-state index contributed by atoms with van der Waals surface area (Å²) in [5.74, 6) is 0.926. The molecule has 0 spiro atoms. The van der Waals surface area contributed by atoms with E-state index < -0.39 is 5.97 Å². The first kappa shape index (κ1) is 20.9. The molecule has 0 heterocycles. The Morgan fingerprint density at radius 2 is 1.67 bits per heavy atom. The van der Waals surface area contributed by atoms with E-state index in [-0.39, 0.29) is 19.1 Å². The first-order chi connectivity index (χ1) is 13.1. The molecule has 0 saturated carbocycles. The van der Waals surface area contributed by atoms with Crippen molar-refractivity contribution in [3.8, 4) is 11.5 Å². The minimum Gasteiger partial charge on any atom is -0.497 e. The number of halogens is 1. The molecule has 2 aromatic carbocycles. The second kappa shape index (κ2) is 11.4. The van der Waals surface area contributed by atoms with Crippen LogP contribution < -0.4 is 14.8 Å². The van der Waals surface area contributed by atoms with Crippen molar-refractivity contribution >= 4 is 35.2 Å². The fraction of sp³-hybridized carbons (Fsp3) is 0.263. The number of methoxy groups -OCH3 is 1. The quantitative estimate of drug-likeness (QED) is 0.369. The van der Waals surface area contributed by atoms with Crippen molar-refractivity contribution in [3.63, 3.8) is 0 Å². The first-order valence-electron chi connectivity index (χ1n) is 8.14. The molecule has 6 nitrogen and oxygen atoms in total. The topological polar surface area (TPSA) is 73.9 Å². The predicted octanol–water partition coefficient (Wildman–Crippen LogP) is 3.18. The average molecular weight is 410 g/mol. The molecule has 0 atom stereocenters. The van der Waals surface area contributed by atoms with Crippen molar-refractivity contribution in [3.05, 3.63) is 53.6 Å². The Hall–Kier alpha value is -2.38. The van der Waals surface area contributed by atoms with Crippen molar-refractivity contribution < 1.29 is 23.8 Å². The number of rotatable bonds is 10. The molecule has 2 aromatic rings. The molecule has 8 heteroatoms. The van der Waals surface area contributed by atoms with Crippen molar-refractivity contribution in [2.45, 2.75) is 4.90 Å². The number of carbonyl (C=O) groups excluding carboxylic acids is 2. The van der Waals surface area contributed by atoms with Crippen LogP contribution in [0.4, 0.5) is 0 Å². The lowest BCUT2D eigenvalue weighted by molar-refractivity contribution is -0.150. The van der Waals surface area contributed by atoms with Gasteiger partial charge >= 0.3 is 5.97 Å². The predicted molar refractivity (Wildman–Crippen MR) is 105 cm³/mol. The average Bonchev–Trinajstić information content (AvgIpc) is 2.69. The fourth-order valence-corrected chi connectivity index (χ4v) is 2.84. The van der Waals surface area contributed by atoms with E-state index in [9.17, 15) is 9.59 Å². The van der Waals surface area contributed by atoms with Crippen LogP contribution in [0, 0.1) is 0 Å². The molecule has 0 aromatic heterocycles. The number of hydrogen-bond donors (Lipinski definition) is 1. The Kier molecular flexibility index (Phi) is 8.80. The van der Waals surface area contributed by atoms with Gasteiger partial charge in [-0.1, -0.05) is 11.6 Å². The molecule has 0 bridgehead atoms. The third kappa shape index (κ3) is 8.23. The van der Waals surface area contributed by atoms with Crippen LogP contribution in [0.1, 0.15) is 0 Å². The highest BCUT2D eigenvalue weighted by Crippen LogP contribution is 2.19. The molecule has 1 amide bonds. The van der Waals surface area contributed by atoms with Gasteiger partial charge < -0.3 is 19.5 Å². The Morgan fingerprint density at radius 3 is 2.33 bits per heavy atom. The fourth-order valence-electron chi connectivity index (χ4n) is 1.94. The van der Waals surface area contributed by atoms with Gasteiger partial charge in [-0.15, -0.1) is 11.8 Å². The summed E-state index contributed by atoms with van der Waals surface area (Å²) in [6, 6.07) is 14.3. The minimum absolute atomic E-state index is 0.272. The van der Waals surface area contributed by atoms with Gasteiger partial charge in [0, 0.05) is 22.2 Å². The summed E-state index contributed by atoms with van der Waals surface area (Å²) in [7, 11) is 1.56. The van der Waals surface area contributed by atoms with Crippen LogP contribution in [0.25, 0.3) is 0 Å². The number of ether oxygens (including phenoxy) is 3. The van der Waals surface area contributed by atoms with Crippen LogP contribution in [-0.4, -0.2) is 44.5 Å². The molecular weight excluding hydrogens is 390 g/mol. The van der Waals surface area contributed by atoms with E-state index in [1.54, 1.807) is 43.1 Å². The number of hydrogen-bond acceptors (Lipinski definition) is 6. The van der Waals surface area contributed by atoms with E-state index in [2.05, 4.69) is 5.32 Å². The lowest BCUT2D eigenvalue weighted by atomic mass is 10.3. The van der Waals surface area contributed by atoms with Gasteiger partial charge in [-0.2, -0.15) is 0 Å². The lowest BCUT2D eigenvalue weighted by Gasteiger charge is -2.08. The maximum absolute atomic E-state index is 11.7. The molecule has 144 valence electrons. The van der Waals surface area contributed by atoms with Gasteiger partial charge in [0.1, 0.15) is 11.5 Å². The Bertz CT molecular complexity index is 737. The smallest absolute Gasteiger partial charge is 0.344 e. The normalized spacial score (nSPS) is 10.1. The standard InChI is InChI=1S/C19H20ClNO5S/c1-24-15-4-6-16(7-5-15)25-13-19(23)26-12-18(22)21-10-11-27-17-8-2-14(20)3-9-17/h2-9H,10-13H2,1H3,(H,21,22). The van der Waals surface area contributed by atoms with Gasteiger partial charge in [-0.05, 0) is 48.5 Å². The summed E-state index contributed by atoms with van der Waals surface area (Å²) in [5, 5.41) is 3.37. The Labute approximate surface area is 167 Å². The molecular formula is C19H20ClNO5S. The van der Waals surface area contributed by atoms with E-state index in [1.807, 2.05) is 24.3 Å². The molecule has 0 aliphatic rings. The summed E-state index contributed by atoms with van der Waals surface area (Å²) >= 11 is 7.42. The van der Waals surface area contributed by atoms with Gasteiger partial charge in [0.25, 0.3) is 5.91 Å². The molecule has 2 rings (SSSR count). The number of nitrogens with one attached hydrogen (secondary N) is 1. The van der Waals surface area contributed by atoms with E-state index in [4.69, 9.17) is 25.8 Å². The second-order valence-electron chi connectivity index (χ2n) is 5.28. The van der Waals surface area contributed by atoms with Crippen LogP contribution in [0.3, 0.4) is 0 Å². The van der Waals surface area contributed by atoms with E-state index in [0.29, 0.717) is 28.8 Å². The highest BCUT2D eigenvalue weighted by molar-refractivity contribution is 7.99. The molecule has 0 unspecified atom stereocenters. The van der Waals surface area contributed by atoms with Crippen molar-refractivity contribution in [2.75, 3.05) is 32.6 Å². The van der Waals surface area contributed by atoms with Crippen LogP contribution >= 0.6 is 23.4 Å². The summed E-state index contributed by atoms with van der Waals surface area (Å²) in [6.07, 6.45) is 0. The van der Waals surface area contributed by atoms with E-state index in [1.165, 1.54) is 0 Å². The number of amides is 1. The lowest BCUT2D eigenvalue weighted by Crippen LogP contribution is -2.31. The highest BCUT2D eigenvalue weighted by atomic mass is 35.5. The summed E-state index contributed by atoms with van der Waals surface area (Å²) < 4.78 is 15.2. The van der Waals surface area contributed by atoms with Crippen molar-refractivity contribution in [1.82, 2.24) is 5.32 Å². The van der Waals surface area contributed by atoms with Gasteiger partial charge in [0.15, 0.2) is 13.2 Å². The maximum Gasteiger partial charge on any atom is 0.344 e. The summed E-state index contributed by atoms with van der Waals surface area (Å²) in [6.45, 7) is -0.144. The summed E-state index contributed by atoms with van der Waals surface area (Å²) in [5.41, 5.74) is 0.